The van der Waals surface area contributed by atoms with Gasteiger partial charge in [-0.15, -0.1) is 11.3 Å². The molecule has 1 aromatic heterocycles. The van der Waals surface area contributed by atoms with Gasteiger partial charge >= 0.3 is 0 Å². The summed E-state index contributed by atoms with van der Waals surface area (Å²) in [6.07, 6.45) is 2.48. The SMILES string of the molecule is Cc1nc(CC2(CC(C)C)CNC2)sc1C. The Kier molecular flexibility index (Phi) is 3.36. The van der Waals surface area contributed by atoms with Crippen molar-refractivity contribution in [2.75, 3.05) is 13.1 Å². The van der Waals surface area contributed by atoms with E-state index in [9.17, 15) is 0 Å². The quantitative estimate of drug-likeness (QED) is 0.872. The zero-order chi connectivity index (χ0) is 11.8. The van der Waals surface area contributed by atoms with Crippen LogP contribution in [-0.2, 0) is 6.42 Å². The molecule has 16 heavy (non-hydrogen) atoms. The first-order valence-corrected chi connectivity index (χ1v) is 6.96. The zero-order valence-electron chi connectivity index (χ0n) is 10.8. The molecule has 0 aromatic carbocycles. The molecule has 1 aromatic rings. The highest BCUT2D eigenvalue weighted by atomic mass is 32.1. The fourth-order valence-corrected chi connectivity index (χ4v) is 3.73. The standard InChI is InChI=1S/C13H22N2S/c1-9(2)5-13(7-14-8-13)6-12-15-10(3)11(4)16-12/h9,14H,5-8H2,1-4H3. The van der Waals surface area contributed by atoms with E-state index in [2.05, 4.69) is 38.0 Å². The number of thiazole rings is 1. The van der Waals surface area contributed by atoms with Crippen LogP contribution in [0.15, 0.2) is 0 Å². The molecule has 0 bridgehead atoms. The van der Waals surface area contributed by atoms with Crippen LogP contribution in [-0.4, -0.2) is 18.1 Å². The van der Waals surface area contributed by atoms with Crippen LogP contribution < -0.4 is 5.32 Å². The van der Waals surface area contributed by atoms with Gasteiger partial charge in [-0.1, -0.05) is 13.8 Å². The lowest BCUT2D eigenvalue weighted by atomic mass is 9.73. The number of hydrogen-bond acceptors (Lipinski definition) is 3. The summed E-state index contributed by atoms with van der Waals surface area (Å²) >= 11 is 1.88. The molecule has 1 N–H and O–H groups in total. The maximum absolute atomic E-state index is 4.68. The van der Waals surface area contributed by atoms with Gasteiger partial charge in [-0.25, -0.2) is 4.98 Å². The van der Waals surface area contributed by atoms with E-state index in [1.165, 1.54) is 35.1 Å². The normalized spacial score (nSPS) is 18.8. The second kappa shape index (κ2) is 4.46. The maximum Gasteiger partial charge on any atom is 0.0937 e. The average molecular weight is 238 g/mol. The number of aryl methyl sites for hydroxylation is 2. The Hall–Kier alpha value is -0.410. The number of aromatic nitrogens is 1. The van der Waals surface area contributed by atoms with Crippen molar-refractivity contribution in [1.82, 2.24) is 10.3 Å². The van der Waals surface area contributed by atoms with Crippen LogP contribution in [0.5, 0.6) is 0 Å². The minimum Gasteiger partial charge on any atom is -0.316 e. The summed E-state index contributed by atoms with van der Waals surface area (Å²) in [5.74, 6) is 0.782. The van der Waals surface area contributed by atoms with E-state index >= 15 is 0 Å². The third kappa shape index (κ3) is 2.46. The molecule has 0 spiro atoms. The van der Waals surface area contributed by atoms with E-state index in [1.54, 1.807) is 0 Å². The Labute approximate surface area is 102 Å². The minimum absolute atomic E-state index is 0.491. The predicted molar refractivity (Wildman–Crippen MR) is 70.0 cm³/mol. The van der Waals surface area contributed by atoms with E-state index < -0.39 is 0 Å². The maximum atomic E-state index is 4.68. The molecule has 0 amide bonds. The molecule has 0 atom stereocenters. The van der Waals surface area contributed by atoms with Crippen molar-refractivity contribution in [3.05, 3.63) is 15.6 Å². The highest BCUT2D eigenvalue weighted by Gasteiger charge is 2.38. The van der Waals surface area contributed by atoms with E-state index in [0.29, 0.717) is 5.41 Å². The molecular formula is C13H22N2S. The number of rotatable bonds is 4. The second-order valence-corrected chi connectivity index (χ2v) is 6.92. The summed E-state index contributed by atoms with van der Waals surface area (Å²) in [7, 11) is 0. The van der Waals surface area contributed by atoms with Gasteiger partial charge in [-0.2, -0.15) is 0 Å². The van der Waals surface area contributed by atoms with Gasteiger partial charge < -0.3 is 5.32 Å². The highest BCUT2D eigenvalue weighted by molar-refractivity contribution is 7.11. The van der Waals surface area contributed by atoms with Crippen molar-refractivity contribution in [1.29, 1.82) is 0 Å². The van der Waals surface area contributed by atoms with Gasteiger partial charge in [0.15, 0.2) is 0 Å². The number of hydrogen-bond donors (Lipinski definition) is 1. The summed E-state index contributed by atoms with van der Waals surface area (Å²) in [6, 6.07) is 0. The topological polar surface area (TPSA) is 24.9 Å². The molecule has 0 radical (unpaired) electrons. The summed E-state index contributed by atoms with van der Waals surface area (Å²) in [6.45, 7) is 11.3. The molecule has 1 aliphatic heterocycles. The molecule has 3 heteroatoms. The van der Waals surface area contributed by atoms with Gasteiger partial charge in [-0.3, -0.25) is 0 Å². The first-order chi connectivity index (χ1) is 7.51. The lowest BCUT2D eigenvalue weighted by molar-refractivity contribution is 0.131. The van der Waals surface area contributed by atoms with Gasteiger partial charge in [0.25, 0.3) is 0 Å². The van der Waals surface area contributed by atoms with Crippen LogP contribution in [0.1, 0.15) is 35.8 Å². The first-order valence-electron chi connectivity index (χ1n) is 6.14. The molecule has 2 heterocycles. The van der Waals surface area contributed by atoms with Crippen molar-refractivity contribution in [3.8, 4) is 0 Å². The van der Waals surface area contributed by atoms with Crippen LogP contribution in [0.25, 0.3) is 0 Å². The summed E-state index contributed by atoms with van der Waals surface area (Å²) in [5.41, 5.74) is 1.71. The van der Waals surface area contributed by atoms with Crippen LogP contribution >= 0.6 is 11.3 Å². The molecular weight excluding hydrogens is 216 g/mol. The van der Waals surface area contributed by atoms with Gasteiger partial charge in [0, 0.05) is 29.8 Å². The lowest BCUT2D eigenvalue weighted by Crippen LogP contribution is -2.55. The Morgan fingerprint density at radius 3 is 2.44 bits per heavy atom. The third-order valence-electron chi connectivity index (χ3n) is 3.44. The fourth-order valence-electron chi connectivity index (χ4n) is 2.62. The summed E-state index contributed by atoms with van der Waals surface area (Å²) < 4.78 is 0. The molecule has 2 rings (SSSR count). The number of nitrogens with one attached hydrogen (secondary N) is 1. The smallest absolute Gasteiger partial charge is 0.0937 e. The van der Waals surface area contributed by atoms with E-state index in [1.807, 2.05) is 11.3 Å². The molecule has 90 valence electrons. The van der Waals surface area contributed by atoms with Gasteiger partial charge in [0.05, 0.1) is 10.7 Å². The Morgan fingerprint density at radius 1 is 1.38 bits per heavy atom. The Morgan fingerprint density at radius 2 is 2.06 bits per heavy atom. The molecule has 0 unspecified atom stereocenters. The molecule has 0 saturated carbocycles. The van der Waals surface area contributed by atoms with Gasteiger partial charge in [-0.05, 0) is 26.2 Å². The van der Waals surface area contributed by atoms with E-state index in [-0.39, 0.29) is 0 Å². The van der Waals surface area contributed by atoms with Crippen molar-refractivity contribution in [3.63, 3.8) is 0 Å². The van der Waals surface area contributed by atoms with Gasteiger partial charge in [0.2, 0.25) is 0 Å². The lowest BCUT2D eigenvalue weighted by Gasteiger charge is -2.43. The van der Waals surface area contributed by atoms with Crippen LogP contribution in [0, 0.1) is 25.2 Å². The van der Waals surface area contributed by atoms with E-state index in [0.717, 1.165) is 12.3 Å². The van der Waals surface area contributed by atoms with Crippen molar-refractivity contribution in [2.24, 2.45) is 11.3 Å². The molecule has 0 aliphatic carbocycles. The fraction of sp³-hybridized carbons (Fsp3) is 0.769. The molecule has 1 saturated heterocycles. The second-order valence-electron chi connectivity index (χ2n) is 5.63. The van der Waals surface area contributed by atoms with Crippen LogP contribution in [0.4, 0.5) is 0 Å². The largest absolute Gasteiger partial charge is 0.316 e. The molecule has 1 aliphatic rings. The number of nitrogens with zero attached hydrogens (tertiary/aromatic N) is 1. The first kappa shape index (κ1) is 12.1. The predicted octanol–water partition coefficient (Wildman–Crippen LogP) is 2.94. The van der Waals surface area contributed by atoms with Crippen LogP contribution in [0.2, 0.25) is 0 Å². The summed E-state index contributed by atoms with van der Waals surface area (Å²) in [5, 5.41) is 4.76. The van der Waals surface area contributed by atoms with Crippen molar-refractivity contribution >= 4 is 11.3 Å². The third-order valence-corrected chi connectivity index (χ3v) is 4.51. The van der Waals surface area contributed by atoms with Crippen molar-refractivity contribution in [2.45, 2.75) is 40.5 Å². The summed E-state index contributed by atoms with van der Waals surface area (Å²) in [4.78, 5) is 6.05. The zero-order valence-corrected chi connectivity index (χ0v) is 11.6. The molecule has 1 fully saturated rings. The molecule has 2 nitrogen and oxygen atoms in total. The Bertz CT molecular complexity index is 345. The van der Waals surface area contributed by atoms with Gasteiger partial charge in [0.1, 0.15) is 0 Å². The van der Waals surface area contributed by atoms with Crippen molar-refractivity contribution < 1.29 is 0 Å². The van der Waals surface area contributed by atoms with Crippen LogP contribution in [0.3, 0.4) is 0 Å². The highest BCUT2D eigenvalue weighted by Crippen LogP contribution is 2.35. The average Bonchev–Trinajstić information content (AvgIpc) is 2.41. The minimum atomic E-state index is 0.491. The van der Waals surface area contributed by atoms with E-state index in [4.69, 9.17) is 0 Å². The Balaban J connectivity index is 2.06. The monoisotopic (exact) mass is 238 g/mol.